The van der Waals surface area contributed by atoms with Crippen LogP contribution in [0.1, 0.15) is 17.5 Å². The Bertz CT molecular complexity index is 806. The van der Waals surface area contributed by atoms with Crippen molar-refractivity contribution in [1.82, 2.24) is 15.8 Å². The van der Waals surface area contributed by atoms with Crippen LogP contribution in [-0.4, -0.2) is 10.9 Å². The average Bonchev–Trinajstić information content (AvgIpc) is 2.67. The lowest BCUT2D eigenvalue weighted by Gasteiger charge is -2.22. The molecule has 6 heteroatoms. The molecule has 3 rings (SSSR count). The zero-order chi connectivity index (χ0) is 18.2. The van der Waals surface area contributed by atoms with Gasteiger partial charge in [0.25, 0.3) is 5.91 Å². The molecule has 2 N–H and O–H groups in total. The summed E-state index contributed by atoms with van der Waals surface area (Å²) in [5, 5.41) is 3.97. The predicted octanol–water partition coefficient (Wildman–Crippen LogP) is 3.53. The van der Waals surface area contributed by atoms with Crippen LogP contribution in [0.5, 0.6) is 0 Å². The van der Waals surface area contributed by atoms with Gasteiger partial charge < -0.3 is 5.32 Å². The number of carbonyl (C=O) groups excluding carboxylic acids is 1. The van der Waals surface area contributed by atoms with Crippen LogP contribution < -0.4 is 10.8 Å². The largest absolute Gasteiger partial charge is 0.384 e. The number of aromatic nitrogens is 1. The van der Waals surface area contributed by atoms with Crippen LogP contribution in [0.2, 0.25) is 5.02 Å². The highest BCUT2D eigenvalue weighted by Crippen LogP contribution is 2.19. The van der Waals surface area contributed by atoms with Crippen molar-refractivity contribution in [3.8, 4) is 0 Å². The van der Waals surface area contributed by atoms with Gasteiger partial charge in [0.15, 0.2) is 0 Å². The van der Waals surface area contributed by atoms with Crippen molar-refractivity contribution in [1.29, 1.82) is 0 Å². The first-order valence-corrected chi connectivity index (χ1v) is 8.76. The molecular weight excluding hydrogens is 350 g/mol. The number of allylic oxidation sites excluding steroid dienone is 3. The molecule has 0 aliphatic heterocycles. The quantitative estimate of drug-likeness (QED) is 0.733. The Morgan fingerprint density at radius 3 is 2.88 bits per heavy atom. The van der Waals surface area contributed by atoms with Crippen LogP contribution in [0.25, 0.3) is 0 Å². The topological polar surface area (TPSA) is 63.2 Å². The Kier molecular flexibility index (Phi) is 6.41. The molecule has 1 aromatic heterocycles. The molecule has 0 saturated carbocycles. The summed E-state index contributed by atoms with van der Waals surface area (Å²) >= 11 is 5.94. The highest BCUT2D eigenvalue weighted by Gasteiger charge is 2.23. The third-order valence-electron chi connectivity index (χ3n) is 4.02. The number of hydrogen-bond acceptors (Lipinski definition) is 4. The van der Waals surface area contributed by atoms with E-state index < -0.39 is 0 Å². The predicted molar refractivity (Wildman–Crippen MR) is 101 cm³/mol. The lowest BCUT2D eigenvalue weighted by Crippen LogP contribution is -2.35. The van der Waals surface area contributed by atoms with E-state index in [1.807, 2.05) is 42.5 Å². The Labute approximate surface area is 157 Å². The van der Waals surface area contributed by atoms with E-state index in [9.17, 15) is 4.79 Å². The summed E-state index contributed by atoms with van der Waals surface area (Å²) in [5.41, 5.74) is 5.41. The monoisotopic (exact) mass is 369 g/mol. The van der Waals surface area contributed by atoms with E-state index in [-0.39, 0.29) is 18.4 Å². The highest BCUT2D eigenvalue weighted by atomic mass is 35.5. The fourth-order valence-corrected chi connectivity index (χ4v) is 2.87. The minimum absolute atomic E-state index is 0.176. The van der Waals surface area contributed by atoms with Crippen molar-refractivity contribution in [2.45, 2.75) is 19.6 Å². The Morgan fingerprint density at radius 2 is 2.08 bits per heavy atom. The van der Waals surface area contributed by atoms with Crippen molar-refractivity contribution in [2.24, 2.45) is 5.92 Å². The van der Waals surface area contributed by atoms with Crippen molar-refractivity contribution >= 4 is 17.5 Å². The summed E-state index contributed by atoms with van der Waals surface area (Å²) in [6, 6.07) is 11.2. The van der Waals surface area contributed by atoms with Gasteiger partial charge in [-0.2, -0.15) is 0 Å². The molecule has 1 amide bonds. The van der Waals surface area contributed by atoms with Crippen LogP contribution in [0.15, 0.2) is 72.7 Å². The number of benzene rings is 1. The standard InChI is InChI=1S/C20H20ClN3O2/c21-17-5-3-4-16(12-17)14-26-24-20(25)18-6-1-2-7-19(18)23-13-15-8-10-22-11-9-15/h1-5,7-12,18,23H,6,13-14H2,(H,24,25). The number of carbonyl (C=O) groups is 1. The fourth-order valence-electron chi connectivity index (χ4n) is 2.65. The highest BCUT2D eigenvalue weighted by molar-refractivity contribution is 6.30. The van der Waals surface area contributed by atoms with Gasteiger partial charge in [-0.05, 0) is 47.9 Å². The maximum absolute atomic E-state index is 12.5. The van der Waals surface area contributed by atoms with Gasteiger partial charge >= 0.3 is 0 Å². The molecule has 0 bridgehead atoms. The summed E-state index contributed by atoms with van der Waals surface area (Å²) in [5.74, 6) is -0.481. The lowest BCUT2D eigenvalue weighted by atomic mass is 9.96. The first-order valence-electron chi connectivity index (χ1n) is 8.38. The van der Waals surface area contributed by atoms with Crippen molar-refractivity contribution in [2.75, 3.05) is 0 Å². The first kappa shape index (κ1) is 18.2. The molecule has 1 aliphatic carbocycles. The molecule has 134 valence electrons. The molecule has 1 unspecified atom stereocenters. The van der Waals surface area contributed by atoms with Crippen LogP contribution in [0, 0.1) is 5.92 Å². The van der Waals surface area contributed by atoms with Crippen molar-refractivity contribution < 1.29 is 9.63 Å². The van der Waals surface area contributed by atoms with Crippen LogP contribution in [0.3, 0.4) is 0 Å². The maximum Gasteiger partial charge on any atom is 0.252 e. The molecule has 0 radical (unpaired) electrons. The molecule has 0 saturated heterocycles. The van der Waals surface area contributed by atoms with Gasteiger partial charge in [0.1, 0.15) is 0 Å². The second-order valence-electron chi connectivity index (χ2n) is 5.93. The number of rotatable bonds is 7. The molecule has 1 aliphatic rings. The average molecular weight is 370 g/mol. The number of nitrogens with zero attached hydrogens (tertiary/aromatic N) is 1. The van der Waals surface area contributed by atoms with Crippen molar-refractivity contribution in [3.63, 3.8) is 0 Å². The third-order valence-corrected chi connectivity index (χ3v) is 4.26. The number of nitrogens with one attached hydrogen (secondary N) is 2. The van der Waals surface area contributed by atoms with Gasteiger partial charge in [0.05, 0.1) is 12.5 Å². The Morgan fingerprint density at radius 1 is 1.23 bits per heavy atom. The number of amides is 1. The summed E-state index contributed by atoms with van der Waals surface area (Å²) in [4.78, 5) is 21.9. The summed E-state index contributed by atoms with van der Waals surface area (Å²) in [7, 11) is 0. The van der Waals surface area contributed by atoms with E-state index in [1.165, 1.54) is 0 Å². The molecule has 26 heavy (non-hydrogen) atoms. The molecule has 0 spiro atoms. The SMILES string of the molecule is O=C(NOCc1cccc(Cl)c1)C1CC=CC=C1NCc1ccncc1. The lowest BCUT2D eigenvalue weighted by molar-refractivity contribution is -0.137. The first-order chi connectivity index (χ1) is 12.7. The second kappa shape index (κ2) is 9.17. The Balaban J connectivity index is 1.52. The molecule has 1 aromatic carbocycles. The summed E-state index contributed by atoms with van der Waals surface area (Å²) < 4.78 is 0. The van der Waals surface area contributed by atoms with E-state index in [1.54, 1.807) is 24.5 Å². The molecule has 2 aromatic rings. The minimum atomic E-state index is -0.304. The number of hydrogen-bond donors (Lipinski definition) is 2. The number of hydroxylamine groups is 1. The van der Waals surface area contributed by atoms with Gasteiger partial charge in [-0.15, -0.1) is 0 Å². The van der Waals surface area contributed by atoms with Gasteiger partial charge in [-0.1, -0.05) is 35.9 Å². The van der Waals surface area contributed by atoms with E-state index in [4.69, 9.17) is 16.4 Å². The van der Waals surface area contributed by atoms with Gasteiger partial charge in [0.2, 0.25) is 0 Å². The van der Waals surface area contributed by atoms with Crippen LogP contribution >= 0.6 is 11.6 Å². The molecule has 5 nitrogen and oxygen atoms in total. The fraction of sp³-hybridized carbons (Fsp3) is 0.200. The zero-order valence-electron chi connectivity index (χ0n) is 14.2. The van der Waals surface area contributed by atoms with E-state index >= 15 is 0 Å². The smallest absolute Gasteiger partial charge is 0.252 e. The van der Waals surface area contributed by atoms with E-state index in [0.29, 0.717) is 18.0 Å². The molecule has 1 heterocycles. The van der Waals surface area contributed by atoms with Crippen molar-refractivity contribution in [3.05, 3.63) is 88.9 Å². The summed E-state index contributed by atoms with van der Waals surface area (Å²) in [6.07, 6.45) is 9.97. The van der Waals surface area contributed by atoms with Gasteiger partial charge in [0, 0.05) is 29.7 Å². The maximum atomic E-state index is 12.5. The second-order valence-corrected chi connectivity index (χ2v) is 6.37. The van der Waals surface area contributed by atoms with Gasteiger partial charge in [-0.3, -0.25) is 14.6 Å². The normalized spacial score (nSPS) is 16.0. The van der Waals surface area contributed by atoms with E-state index in [2.05, 4.69) is 15.8 Å². The molecular formula is C20H20ClN3O2. The molecule has 0 fully saturated rings. The Hall–Kier alpha value is -2.63. The van der Waals surface area contributed by atoms with Crippen LogP contribution in [0.4, 0.5) is 0 Å². The van der Waals surface area contributed by atoms with Crippen LogP contribution in [-0.2, 0) is 22.8 Å². The number of pyridine rings is 1. The zero-order valence-corrected chi connectivity index (χ0v) is 14.9. The summed E-state index contributed by atoms with van der Waals surface area (Å²) in [6.45, 7) is 0.897. The number of halogens is 1. The minimum Gasteiger partial charge on any atom is -0.384 e. The third kappa shape index (κ3) is 5.18. The molecule has 1 atom stereocenters. The van der Waals surface area contributed by atoms with Gasteiger partial charge in [-0.25, -0.2) is 5.48 Å². The van der Waals surface area contributed by atoms with E-state index in [0.717, 1.165) is 16.8 Å².